The summed E-state index contributed by atoms with van der Waals surface area (Å²) in [7, 11) is -0.662. The molecule has 0 saturated heterocycles. The average molecular weight is 583 g/mol. The fourth-order valence-corrected chi connectivity index (χ4v) is 5.30. The maximum absolute atomic E-state index is 12.6. The number of amides is 2. The zero-order chi connectivity index (χ0) is 29.2. The fourth-order valence-electron chi connectivity index (χ4n) is 4.17. The number of ether oxygens (including phenoxy) is 1. The standard InChI is InChI=1S/C29H31ClN4O5S/c1-18(2)27-31-25-16-23(28(35)33(4)5)24(30)17-26(25)34(27)21-10-8-20(9-11-21)14-15-39-29(36)32-40(37,38)22-12-6-19(3)7-13-22/h6-13,16-18H,14-15H2,1-5H3,(H,32,36). The summed E-state index contributed by atoms with van der Waals surface area (Å²) in [5.41, 5.74) is 4.51. The number of hydrogen-bond donors (Lipinski definition) is 1. The molecule has 0 atom stereocenters. The normalized spacial score (nSPS) is 11.6. The molecule has 9 nitrogen and oxygen atoms in total. The van der Waals surface area contributed by atoms with E-state index in [9.17, 15) is 18.0 Å². The summed E-state index contributed by atoms with van der Waals surface area (Å²) in [5, 5.41) is 0.346. The van der Waals surface area contributed by atoms with Gasteiger partial charge in [-0.2, -0.15) is 0 Å². The van der Waals surface area contributed by atoms with Crippen LogP contribution in [0.1, 0.15) is 47.1 Å². The van der Waals surface area contributed by atoms with E-state index in [1.165, 1.54) is 17.0 Å². The van der Waals surface area contributed by atoms with Gasteiger partial charge in [0.1, 0.15) is 5.82 Å². The molecule has 0 aliphatic heterocycles. The van der Waals surface area contributed by atoms with Crippen molar-refractivity contribution in [2.45, 2.75) is 38.0 Å². The van der Waals surface area contributed by atoms with Crippen LogP contribution in [0, 0.1) is 6.92 Å². The Kier molecular flexibility index (Phi) is 8.51. The minimum absolute atomic E-state index is 0.00185. The lowest BCUT2D eigenvalue weighted by Crippen LogP contribution is -2.31. The van der Waals surface area contributed by atoms with Crippen molar-refractivity contribution in [1.29, 1.82) is 0 Å². The Morgan fingerprint density at radius 1 is 1.05 bits per heavy atom. The third kappa shape index (κ3) is 6.29. The summed E-state index contributed by atoms with van der Waals surface area (Å²) in [4.78, 5) is 30.9. The highest BCUT2D eigenvalue weighted by atomic mass is 35.5. The lowest BCUT2D eigenvalue weighted by molar-refractivity contribution is 0.0828. The van der Waals surface area contributed by atoms with E-state index < -0.39 is 16.1 Å². The van der Waals surface area contributed by atoms with Gasteiger partial charge in [0.15, 0.2) is 0 Å². The summed E-state index contributed by atoms with van der Waals surface area (Å²) in [6.07, 6.45) is -0.644. The second-order valence-corrected chi connectivity index (χ2v) is 12.0. The molecule has 0 radical (unpaired) electrons. The quantitative estimate of drug-likeness (QED) is 0.295. The lowest BCUT2D eigenvalue weighted by Gasteiger charge is -2.14. The number of rotatable bonds is 8. The number of nitrogens with one attached hydrogen (secondary N) is 1. The van der Waals surface area contributed by atoms with Crippen molar-refractivity contribution in [3.05, 3.63) is 88.2 Å². The number of nitrogens with zero attached hydrogens (tertiary/aromatic N) is 3. The number of hydrogen-bond acceptors (Lipinski definition) is 6. The largest absolute Gasteiger partial charge is 0.448 e. The molecule has 3 aromatic carbocycles. The van der Waals surface area contributed by atoms with Gasteiger partial charge in [-0.3, -0.25) is 9.36 Å². The van der Waals surface area contributed by atoms with Crippen LogP contribution in [-0.2, 0) is 21.2 Å². The molecule has 1 aromatic heterocycles. The third-order valence-electron chi connectivity index (χ3n) is 6.29. The van der Waals surface area contributed by atoms with Gasteiger partial charge in [0.2, 0.25) is 0 Å². The first-order chi connectivity index (χ1) is 18.9. The number of imidazole rings is 1. The molecule has 0 aliphatic rings. The van der Waals surface area contributed by atoms with Crippen LogP contribution in [0.15, 0.2) is 65.6 Å². The van der Waals surface area contributed by atoms with Crippen molar-refractivity contribution in [3.8, 4) is 5.69 Å². The molecule has 4 aromatic rings. The SMILES string of the molecule is Cc1ccc(S(=O)(=O)NC(=O)OCCc2ccc(-n3c(C(C)C)nc4cc(C(=O)N(C)C)c(Cl)cc43)cc2)cc1. The maximum atomic E-state index is 12.6. The highest BCUT2D eigenvalue weighted by molar-refractivity contribution is 7.90. The predicted molar refractivity (Wildman–Crippen MR) is 155 cm³/mol. The molecule has 4 rings (SSSR count). The van der Waals surface area contributed by atoms with Crippen molar-refractivity contribution in [1.82, 2.24) is 19.2 Å². The molecule has 1 heterocycles. The molecule has 210 valence electrons. The Labute approximate surface area is 238 Å². The molecule has 11 heteroatoms. The van der Waals surface area contributed by atoms with Gasteiger partial charge in [-0.05, 0) is 48.9 Å². The van der Waals surface area contributed by atoms with Crippen molar-refractivity contribution >= 4 is 44.7 Å². The Morgan fingerprint density at radius 2 is 1.70 bits per heavy atom. The molecular formula is C29H31ClN4O5S. The Morgan fingerprint density at radius 3 is 2.30 bits per heavy atom. The zero-order valence-electron chi connectivity index (χ0n) is 22.9. The van der Waals surface area contributed by atoms with Crippen molar-refractivity contribution in [2.75, 3.05) is 20.7 Å². The van der Waals surface area contributed by atoms with Crippen LogP contribution in [0.5, 0.6) is 0 Å². The second-order valence-electron chi connectivity index (χ2n) is 9.95. The van der Waals surface area contributed by atoms with Crippen LogP contribution in [0.3, 0.4) is 0 Å². The van der Waals surface area contributed by atoms with Crippen LogP contribution >= 0.6 is 11.6 Å². The molecular weight excluding hydrogens is 552 g/mol. The summed E-state index contributed by atoms with van der Waals surface area (Å²) >= 11 is 6.51. The summed E-state index contributed by atoms with van der Waals surface area (Å²) in [6, 6.07) is 17.3. The minimum Gasteiger partial charge on any atom is -0.448 e. The number of carbonyl (C=O) groups excluding carboxylic acids is 2. The van der Waals surface area contributed by atoms with Crippen molar-refractivity contribution in [2.24, 2.45) is 0 Å². The molecule has 0 unspecified atom stereocenters. The zero-order valence-corrected chi connectivity index (χ0v) is 24.5. The van der Waals surface area contributed by atoms with Crippen LogP contribution in [0.2, 0.25) is 5.02 Å². The molecule has 0 fully saturated rings. The van der Waals surface area contributed by atoms with Gasteiger partial charge >= 0.3 is 6.09 Å². The molecule has 40 heavy (non-hydrogen) atoms. The Balaban J connectivity index is 1.47. The minimum atomic E-state index is -4.01. The van der Waals surface area contributed by atoms with Crippen LogP contribution in [-0.4, -0.2) is 55.6 Å². The Hall–Kier alpha value is -3.89. The predicted octanol–water partition coefficient (Wildman–Crippen LogP) is 5.47. The topological polar surface area (TPSA) is 111 Å². The average Bonchev–Trinajstić information content (AvgIpc) is 3.26. The number of fused-ring (bicyclic) bond motifs is 1. The molecule has 0 bridgehead atoms. The van der Waals surface area contributed by atoms with Gasteiger partial charge in [0.05, 0.1) is 33.1 Å². The van der Waals surface area contributed by atoms with Gasteiger partial charge < -0.3 is 9.64 Å². The van der Waals surface area contributed by atoms with Crippen LogP contribution in [0.25, 0.3) is 16.7 Å². The molecule has 0 saturated carbocycles. The van der Waals surface area contributed by atoms with E-state index in [2.05, 4.69) is 0 Å². The number of carbonyl (C=O) groups is 2. The number of halogens is 1. The van der Waals surface area contributed by atoms with Crippen molar-refractivity contribution in [3.63, 3.8) is 0 Å². The van der Waals surface area contributed by atoms with Gasteiger partial charge in [0, 0.05) is 32.1 Å². The van der Waals surface area contributed by atoms with E-state index >= 15 is 0 Å². The number of aromatic nitrogens is 2. The monoisotopic (exact) mass is 582 g/mol. The molecule has 1 N–H and O–H groups in total. The first kappa shape index (κ1) is 29.1. The van der Waals surface area contributed by atoms with Gasteiger partial charge in [-0.25, -0.2) is 22.9 Å². The van der Waals surface area contributed by atoms with Gasteiger partial charge in [-0.1, -0.05) is 55.3 Å². The van der Waals surface area contributed by atoms with Crippen molar-refractivity contribution < 1.29 is 22.7 Å². The van der Waals surface area contributed by atoms with E-state index in [0.717, 1.165) is 28.2 Å². The molecule has 0 aliphatic carbocycles. The van der Waals surface area contributed by atoms with E-state index in [4.69, 9.17) is 21.3 Å². The van der Waals surface area contributed by atoms with E-state index in [-0.39, 0.29) is 23.3 Å². The van der Waals surface area contributed by atoms with Crippen LogP contribution in [0.4, 0.5) is 4.79 Å². The summed E-state index contributed by atoms with van der Waals surface area (Å²) < 4.78 is 33.8. The van der Waals surface area contributed by atoms with E-state index in [0.29, 0.717) is 22.5 Å². The number of aryl methyl sites for hydroxylation is 1. The van der Waals surface area contributed by atoms with E-state index in [1.807, 2.05) is 54.3 Å². The Bertz CT molecular complexity index is 1660. The number of benzene rings is 3. The van der Waals surface area contributed by atoms with Gasteiger partial charge in [-0.15, -0.1) is 0 Å². The van der Waals surface area contributed by atoms with Crippen LogP contribution < -0.4 is 4.72 Å². The second kappa shape index (κ2) is 11.7. The first-order valence-electron chi connectivity index (χ1n) is 12.7. The fraction of sp³-hybridized carbons (Fsp3) is 0.276. The summed E-state index contributed by atoms with van der Waals surface area (Å²) in [5.74, 6) is 0.727. The first-order valence-corrected chi connectivity index (χ1v) is 14.5. The molecule has 2 amide bonds. The smallest absolute Gasteiger partial charge is 0.421 e. The maximum Gasteiger partial charge on any atom is 0.421 e. The van der Waals surface area contributed by atoms with Gasteiger partial charge in [0.25, 0.3) is 15.9 Å². The highest BCUT2D eigenvalue weighted by Crippen LogP contribution is 2.31. The van der Waals surface area contributed by atoms with E-state index in [1.54, 1.807) is 38.4 Å². The molecule has 0 spiro atoms. The summed E-state index contributed by atoms with van der Waals surface area (Å²) in [6.45, 7) is 5.92. The highest BCUT2D eigenvalue weighted by Gasteiger charge is 2.21. The number of sulfonamides is 1. The lowest BCUT2D eigenvalue weighted by atomic mass is 10.1. The third-order valence-corrected chi connectivity index (χ3v) is 7.93.